The summed E-state index contributed by atoms with van der Waals surface area (Å²) in [4.78, 5) is 0. The van der Waals surface area contributed by atoms with E-state index in [1.165, 1.54) is 103 Å². The summed E-state index contributed by atoms with van der Waals surface area (Å²) in [6, 6.07) is 0. The van der Waals surface area contributed by atoms with Crippen LogP contribution in [0.15, 0.2) is 0 Å². The lowest BCUT2D eigenvalue weighted by atomic mass is 10.00. The molecule has 0 aliphatic heterocycles. The quantitative estimate of drug-likeness (QED) is 0.481. The second-order valence-electron chi connectivity index (χ2n) is 6.85. The second kappa shape index (κ2) is 10.2. The van der Waals surface area contributed by atoms with Gasteiger partial charge in [-0.25, -0.2) is 0 Å². The molecule has 0 spiro atoms. The van der Waals surface area contributed by atoms with E-state index in [4.69, 9.17) is 0 Å². The Balaban J connectivity index is 1.70. The average molecular weight is 281 g/mol. The minimum Gasteiger partial charge on any atom is -0.0741 e. The fourth-order valence-corrected chi connectivity index (χ4v) is 5.74. The SMILES string of the molecule is C1CCCCCC([P]C2CCCCC2)CCCCC1. The minimum atomic E-state index is 1.06. The molecule has 0 N–H and O–H groups in total. The van der Waals surface area contributed by atoms with E-state index in [2.05, 4.69) is 0 Å². The summed E-state index contributed by atoms with van der Waals surface area (Å²) >= 11 is 0. The molecule has 111 valence electrons. The minimum absolute atomic E-state index is 1.06. The Hall–Kier alpha value is 0.430. The molecule has 0 bridgehead atoms. The van der Waals surface area contributed by atoms with Crippen LogP contribution in [-0.4, -0.2) is 11.3 Å². The van der Waals surface area contributed by atoms with Crippen LogP contribution in [0, 0.1) is 0 Å². The molecule has 0 unspecified atom stereocenters. The van der Waals surface area contributed by atoms with Crippen LogP contribution in [0.4, 0.5) is 0 Å². The highest BCUT2D eigenvalue weighted by molar-refractivity contribution is 7.39. The lowest BCUT2D eigenvalue weighted by molar-refractivity contribution is 0.494. The normalized spacial score (nSPS) is 27.2. The molecule has 1 heteroatoms. The van der Waals surface area contributed by atoms with Gasteiger partial charge in [-0.2, -0.15) is 0 Å². The lowest BCUT2D eigenvalue weighted by Crippen LogP contribution is -2.12. The average Bonchev–Trinajstić information content (AvgIpc) is 2.43. The van der Waals surface area contributed by atoms with Crippen LogP contribution in [0.5, 0.6) is 0 Å². The predicted octanol–water partition coefficient (Wildman–Crippen LogP) is 6.94. The van der Waals surface area contributed by atoms with Crippen LogP contribution < -0.4 is 0 Å². The molecule has 2 rings (SSSR count). The summed E-state index contributed by atoms with van der Waals surface area (Å²) < 4.78 is 0. The fourth-order valence-electron chi connectivity index (χ4n) is 3.82. The van der Waals surface area contributed by atoms with E-state index < -0.39 is 0 Å². The van der Waals surface area contributed by atoms with E-state index in [1.54, 1.807) is 0 Å². The first kappa shape index (κ1) is 15.8. The lowest BCUT2D eigenvalue weighted by Gasteiger charge is -2.26. The van der Waals surface area contributed by atoms with Crippen molar-refractivity contribution in [1.82, 2.24) is 0 Å². The van der Waals surface area contributed by atoms with E-state index >= 15 is 0 Å². The molecule has 0 aromatic rings. The van der Waals surface area contributed by atoms with E-state index in [0.29, 0.717) is 0 Å². The van der Waals surface area contributed by atoms with Crippen molar-refractivity contribution < 1.29 is 0 Å². The Morgan fingerprint density at radius 2 is 0.632 bits per heavy atom. The molecule has 2 aliphatic carbocycles. The summed E-state index contributed by atoms with van der Waals surface area (Å²) in [5.74, 6) is 0. The van der Waals surface area contributed by atoms with Gasteiger partial charge in [0.05, 0.1) is 0 Å². The van der Waals surface area contributed by atoms with Crippen molar-refractivity contribution in [1.29, 1.82) is 0 Å². The largest absolute Gasteiger partial charge is 0.0741 e. The highest BCUT2D eigenvalue weighted by atomic mass is 31.1. The summed E-state index contributed by atoms with van der Waals surface area (Å²) in [6.45, 7) is 0. The Bertz CT molecular complexity index is 196. The molecule has 1 radical (unpaired) electrons. The molecule has 2 fully saturated rings. The monoisotopic (exact) mass is 281 g/mol. The molecular weight excluding hydrogens is 247 g/mol. The van der Waals surface area contributed by atoms with Crippen LogP contribution in [-0.2, 0) is 0 Å². The molecule has 0 saturated heterocycles. The zero-order valence-electron chi connectivity index (χ0n) is 12.9. The third-order valence-corrected chi connectivity index (χ3v) is 6.95. The maximum atomic E-state index is 1.85. The van der Waals surface area contributed by atoms with Gasteiger partial charge in [-0.3, -0.25) is 0 Å². The first-order chi connectivity index (χ1) is 9.45. The van der Waals surface area contributed by atoms with Gasteiger partial charge in [0.15, 0.2) is 0 Å². The van der Waals surface area contributed by atoms with Crippen LogP contribution in [0.1, 0.15) is 103 Å². The third-order valence-electron chi connectivity index (χ3n) is 5.07. The maximum Gasteiger partial charge on any atom is -0.0168 e. The number of hydrogen-bond donors (Lipinski definition) is 0. The van der Waals surface area contributed by atoms with Crippen molar-refractivity contribution in [2.75, 3.05) is 0 Å². The number of hydrogen-bond acceptors (Lipinski definition) is 0. The summed E-state index contributed by atoms with van der Waals surface area (Å²) in [7, 11) is 1.85. The van der Waals surface area contributed by atoms with Crippen molar-refractivity contribution in [2.45, 2.75) is 114 Å². The van der Waals surface area contributed by atoms with Gasteiger partial charge in [0.25, 0.3) is 0 Å². The molecule has 0 aromatic carbocycles. The first-order valence-electron chi connectivity index (χ1n) is 9.15. The van der Waals surface area contributed by atoms with E-state index in [1.807, 2.05) is 8.58 Å². The van der Waals surface area contributed by atoms with E-state index in [9.17, 15) is 0 Å². The Morgan fingerprint density at radius 3 is 1.00 bits per heavy atom. The van der Waals surface area contributed by atoms with E-state index in [0.717, 1.165) is 11.3 Å². The van der Waals surface area contributed by atoms with Crippen molar-refractivity contribution in [3.05, 3.63) is 0 Å². The van der Waals surface area contributed by atoms with Gasteiger partial charge in [-0.1, -0.05) is 85.6 Å². The Morgan fingerprint density at radius 1 is 0.368 bits per heavy atom. The van der Waals surface area contributed by atoms with Crippen molar-refractivity contribution in [2.24, 2.45) is 0 Å². The molecular formula is C18H34P. The maximum absolute atomic E-state index is 1.85. The molecule has 0 heterocycles. The summed E-state index contributed by atoms with van der Waals surface area (Å²) in [5, 5.41) is 0. The Kier molecular flexibility index (Phi) is 8.49. The molecule has 0 aromatic heterocycles. The fraction of sp³-hybridized carbons (Fsp3) is 1.00. The molecule has 2 saturated carbocycles. The highest BCUT2D eigenvalue weighted by Gasteiger charge is 2.19. The highest BCUT2D eigenvalue weighted by Crippen LogP contribution is 2.40. The molecule has 0 atom stereocenters. The van der Waals surface area contributed by atoms with Crippen molar-refractivity contribution in [3.63, 3.8) is 0 Å². The van der Waals surface area contributed by atoms with Crippen molar-refractivity contribution >= 4 is 8.58 Å². The zero-order chi connectivity index (χ0) is 13.2. The van der Waals surface area contributed by atoms with Gasteiger partial charge in [0, 0.05) is 0 Å². The van der Waals surface area contributed by atoms with Crippen molar-refractivity contribution in [3.8, 4) is 0 Å². The molecule has 0 nitrogen and oxygen atoms in total. The Labute approximate surface area is 123 Å². The van der Waals surface area contributed by atoms with Gasteiger partial charge in [0.1, 0.15) is 0 Å². The zero-order valence-corrected chi connectivity index (χ0v) is 13.8. The van der Waals surface area contributed by atoms with Crippen LogP contribution in [0.3, 0.4) is 0 Å². The predicted molar refractivity (Wildman–Crippen MR) is 88.4 cm³/mol. The first-order valence-corrected chi connectivity index (χ1v) is 10.2. The number of rotatable bonds is 2. The summed E-state index contributed by atoms with van der Waals surface area (Å²) in [6.07, 6.45) is 24.3. The molecule has 0 amide bonds. The van der Waals surface area contributed by atoms with Gasteiger partial charge in [-0.05, 0) is 37.0 Å². The van der Waals surface area contributed by atoms with Crippen LogP contribution in [0.25, 0.3) is 0 Å². The second-order valence-corrected chi connectivity index (χ2v) is 8.61. The van der Waals surface area contributed by atoms with Gasteiger partial charge >= 0.3 is 0 Å². The van der Waals surface area contributed by atoms with Gasteiger partial charge in [0.2, 0.25) is 0 Å². The topological polar surface area (TPSA) is 0 Å². The molecule has 2 aliphatic rings. The molecule has 19 heavy (non-hydrogen) atoms. The summed E-state index contributed by atoms with van der Waals surface area (Å²) in [5.41, 5.74) is 2.13. The smallest absolute Gasteiger partial charge is 0.0168 e. The third kappa shape index (κ3) is 7.12. The standard InChI is InChI=1S/C18H34P/c1-2-4-6-9-13-17(14-10-7-5-3-1)19-18-15-11-8-12-16-18/h17-18H,1-16H2. The van der Waals surface area contributed by atoms with Gasteiger partial charge < -0.3 is 0 Å². The van der Waals surface area contributed by atoms with Gasteiger partial charge in [-0.15, -0.1) is 0 Å². The van der Waals surface area contributed by atoms with Crippen LogP contribution in [0.2, 0.25) is 0 Å². The van der Waals surface area contributed by atoms with E-state index in [-0.39, 0.29) is 0 Å². The van der Waals surface area contributed by atoms with Crippen LogP contribution >= 0.6 is 8.58 Å².